The summed E-state index contributed by atoms with van der Waals surface area (Å²) in [7, 11) is 0. The number of para-hydroxylation sites is 1. The van der Waals surface area contributed by atoms with Crippen LogP contribution in [-0.4, -0.2) is 44.3 Å². The highest BCUT2D eigenvalue weighted by molar-refractivity contribution is 7.99. The number of nitrogens with one attached hydrogen (secondary N) is 2. The number of hydrogen-bond acceptors (Lipinski definition) is 6. The van der Waals surface area contributed by atoms with Gasteiger partial charge in [0.1, 0.15) is 0 Å². The van der Waals surface area contributed by atoms with E-state index in [4.69, 9.17) is 0 Å². The van der Waals surface area contributed by atoms with Gasteiger partial charge < -0.3 is 10.6 Å². The number of hydrogen-bond donors (Lipinski definition) is 2. The standard InChI is InChI=1S/C22H26N6O2S/c1-13-9-16(4)20(17(5)10-13)24-18(29)11-23-19(30)12-31-22-25-26-27-28(22)21-14(2)7-6-8-15(21)3/h6-10H,11-12H2,1-5H3,(H,23,30)(H,24,29). The van der Waals surface area contributed by atoms with Crippen molar-refractivity contribution in [2.24, 2.45) is 0 Å². The van der Waals surface area contributed by atoms with Gasteiger partial charge in [-0.05, 0) is 67.3 Å². The van der Waals surface area contributed by atoms with Gasteiger partial charge in [0.05, 0.1) is 18.0 Å². The first kappa shape index (κ1) is 22.5. The van der Waals surface area contributed by atoms with E-state index in [1.165, 1.54) is 11.8 Å². The third kappa shape index (κ3) is 5.49. The van der Waals surface area contributed by atoms with E-state index < -0.39 is 0 Å². The molecule has 2 aromatic carbocycles. The van der Waals surface area contributed by atoms with Gasteiger partial charge in [0, 0.05) is 5.69 Å². The van der Waals surface area contributed by atoms with E-state index in [0.29, 0.717) is 5.16 Å². The lowest BCUT2D eigenvalue weighted by Gasteiger charge is -2.13. The summed E-state index contributed by atoms with van der Waals surface area (Å²) in [5, 5.41) is 17.9. The molecule has 2 N–H and O–H groups in total. The van der Waals surface area contributed by atoms with Gasteiger partial charge in [0.15, 0.2) is 0 Å². The molecule has 0 aliphatic heterocycles. The summed E-state index contributed by atoms with van der Waals surface area (Å²) < 4.78 is 1.64. The van der Waals surface area contributed by atoms with Crippen LogP contribution in [0, 0.1) is 34.6 Å². The molecule has 31 heavy (non-hydrogen) atoms. The molecule has 0 radical (unpaired) electrons. The minimum absolute atomic E-state index is 0.0984. The summed E-state index contributed by atoms with van der Waals surface area (Å²) in [6, 6.07) is 9.97. The molecule has 1 heterocycles. The quantitative estimate of drug-likeness (QED) is 0.550. The van der Waals surface area contributed by atoms with E-state index in [1.807, 2.05) is 65.0 Å². The van der Waals surface area contributed by atoms with Crippen molar-refractivity contribution in [1.29, 1.82) is 0 Å². The van der Waals surface area contributed by atoms with Gasteiger partial charge in [-0.3, -0.25) is 9.59 Å². The number of benzene rings is 2. The first-order valence-electron chi connectivity index (χ1n) is 9.88. The van der Waals surface area contributed by atoms with E-state index in [-0.39, 0.29) is 24.1 Å². The summed E-state index contributed by atoms with van der Waals surface area (Å²) in [6.45, 7) is 9.78. The van der Waals surface area contributed by atoms with Crippen LogP contribution in [-0.2, 0) is 9.59 Å². The Hall–Kier alpha value is -3.20. The Kier molecular flexibility index (Phi) is 7.06. The molecule has 0 aliphatic rings. The second-order valence-corrected chi connectivity index (χ2v) is 8.44. The van der Waals surface area contributed by atoms with E-state index >= 15 is 0 Å². The van der Waals surface area contributed by atoms with Gasteiger partial charge in [-0.15, -0.1) is 5.10 Å². The Morgan fingerprint density at radius 1 is 0.968 bits per heavy atom. The summed E-state index contributed by atoms with van der Waals surface area (Å²) in [5.74, 6) is -0.441. The van der Waals surface area contributed by atoms with Gasteiger partial charge in [0.25, 0.3) is 0 Å². The summed E-state index contributed by atoms with van der Waals surface area (Å²) in [6.07, 6.45) is 0. The van der Waals surface area contributed by atoms with Crippen LogP contribution >= 0.6 is 11.8 Å². The number of aryl methyl sites for hydroxylation is 5. The van der Waals surface area contributed by atoms with Crippen molar-refractivity contribution in [3.8, 4) is 5.69 Å². The number of thioether (sulfide) groups is 1. The zero-order valence-electron chi connectivity index (χ0n) is 18.3. The molecule has 0 bridgehead atoms. The largest absolute Gasteiger partial charge is 0.346 e. The lowest BCUT2D eigenvalue weighted by Crippen LogP contribution is -2.34. The second kappa shape index (κ2) is 9.74. The van der Waals surface area contributed by atoms with E-state index in [0.717, 1.165) is 39.2 Å². The minimum atomic E-state index is -0.270. The van der Waals surface area contributed by atoms with Crippen molar-refractivity contribution in [2.75, 3.05) is 17.6 Å². The molecule has 0 atom stereocenters. The van der Waals surface area contributed by atoms with E-state index in [2.05, 4.69) is 26.2 Å². The molecular weight excluding hydrogens is 412 g/mol. The molecule has 0 saturated heterocycles. The molecule has 0 spiro atoms. The number of anilines is 1. The number of aromatic nitrogens is 4. The maximum absolute atomic E-state index is 12.3. The normalized spacial score (nSPS) is 10.7. The van der Waals surface area contributed by atoms with Crippen LogP contribution in [0.5, 0.6) is 0 Å². The van der Waals surface area contributed by atoms with Crippen LogP contribution in [0.2, 0.25) is 0 Å². The number of carbonyl (C=O) groups is 2. The van der Waals surface area contributed by atoms with E-state index in [1.54, 1.807) is 4.68 Å². The maximum atomic E-state index is 12.3. The summed E-state index contributed by atoms with van der Waals surface area (Å²) >= 11 is 1.22. The van der Waals surface area contributed by atoms with E-state index in [9.17, 15) is 9.59 Å². The molecule has 0 fully saturated rings. The Labute approximate surface area is 185 Å². The zero-order valence-corrected chi connectivity index (χ0v) is 19.1. The number of carbonyl (C=O) groups excluding carboxylic acids is 2. The molecule has 0 unspecified atom stereocenters. The zero-order chi connectivity index (χ0) is 22.5. The second-order valence-electron chi connectivity index (χ2n) is 7.50. The Morgan fingerprint density at radius 3 is 2.26 bits per heavy atom. The first-order valence-corrected chi connectivity index (χ1v) is 10.9. The molecule has 0 saturated carbocycles. The van der Waals surface area contributed by atoms with Crippen LogP contribution in [0.15, 0.2) is 35.5 Å². The molecule has 9 heteroatoms. The minimum Gasteiger partial charge on any atom is -0.346 e. The number of rotatable bonds is 7. The lowest BCUT2D eigenvalue weighted by atomic mass is 10.1. The average molecular weight is 439 g/mol. The molecule has 3 rings (SSSR count). The van der Waals surface area contributed by atoms with Crippen molar-refractivity contribution >= 4 is 29.3 Å². The average Bonchev–Trinajstić information content (AvgIpc) is 3.15. The maximum Gasteiger partial charge on any atom is 0.243 e. The Bertz CT molecular complexity index is 1080. The highest BCUT2D eigenvalue weighted by Gasteiger charge is 2.15. The van der Waals surface area contributed by atoms with Gasteiger partial charge >= 0.3 is 0 Å². The van der Waals surface area contributed by atoms with Crippen LogP contribution in [0.3, 0.4) is 0 Å². The Balaban J connectivity index is 1.55. The molecule has 3 aromatic rings. The van der Waals surface area contributed by atoms with Gasteiger partial charge in [0.2, 0.25) is 17.0 Å². The molecule has 162 valence electrons. The number of tetrazole rings is 1. The predicted octanol–water partition coefficient (Wildman–Crippen LogP) is 3.05. The molecule has 2 amide bonds. The summed E-state index contributed by atoms with van der Waals surface area (Å²) in [4.78, 5) is 24.5. The first-order chi connectivity index (χ1) is 14.8. The molecular formula is C22H26N6O2S. The highest BCUT2D eigenvalue weighted by Crippen LogP contribution is 2.23. The van der Waals surface area contributed by atoms with Crippen LogP contribution in [0.25, 0.3) is 5.69 Å². The van der Waals surface area contributed by atoms with Gasteiger partial charge in [-0.1, -0.05) is 47.7 Å². The van der Waals surface area contributed by atoms with Crippen molar-refractivity contribution < 1.29 is 9.59 Å². The fraction of sp³-hybridized carbons (Fsp3) is 0.318. The van der Waals surface area contributed by atoms with Crippen LogP contribution < -0.4 is 10.6 Å². The third-order valence-electron chi connectivity index (χ3n) is 4.81. The topological polar surface area (TPSA) is 102 Å². The van der Waals surface area contributed by atoms with Crippen molar-refractivity contribution in [3.05, 3.63) is 58.1 Å². The van der Waals surface area contributed by atoms with Crippen molar-refractivity contribution in [2.45, 2.75) is 39.8 Å². The summed E-state index contributed by atoms with van der Waals surface area (Å²) in [5.41, 5.74) is 6.89. The van der Waals surface area contributed by atoms with Gasteiger partial charge in [-0.25, -0.2) is 0 Å². The predicted molar refractivity (Wildman–Crippen MR) is 122 cm³/mol. The fourth-order valence-corrected chi connectivity index (χ4v) is 4.18. The third-order valence-corrected chi connectivity index (χ3v) is 5.73. The number of amides is 2. The SMILES string of the molecule is Cc1cc(C)c(NC(=O)CNC(=O)CSc2nnnn2-c2c(C)cccc2C)c(C)c1. The van der Waals surface area contributed by atoms with Crippen molar-refractivity contribution in [1.82, 2.24) is 25.5 Å². The van der Waals surface area contributed by atoms with Gasteiger partial charge in [-0.2, -0.15) is 4.68 Å². The molecule has 8 nitrogen and oxygen atoms in total. The van der Waals surface area contributed by atoms with Crippen LogP contribution in [0.1, 0.15) is 27.8 Å². The molecule has 1 aromatic heterocycles. The fourth-order valence-electron chi connectivity index (χ4n) is 3.47. The Morgan fingerprint density at radius 2 is 1.61 bits per heavy atom. The molecule has 0 aliphatic carbocycles. The number of nitrogens with zero attached hydrogens (tertiary/aromatic N) is 4. The lowest BCUT2D eigenvalue weighted by molar-refractivity contribution is -0.122. The highest BCUT2D eigenvalue weighted by atomic mass is 32.2. The van der Waals surface area contributed by atoms with Crippen LogP contribution in [0.4, 0.5) is 5.69 Å². The smallest absolute Gasteiger partial charge is 0.243 e. The monoisotopic (exact) mass is 438 g/mol. The van der Waals surface area contributed by atoms with Crippen molar-refractivity contribution in [3.63, 3.8) is 0 Å².